The maximum atomic E-state index is 13.1. The molecule has 6 rings (SSSR count). The Bertz CT molecular complexity index is 1440. The highest BCUT2D eigenvalue weighted by Crippen LogP contribution is 2.61. The SMILES string of the molecule is CCC(C)(C(=O)OC1CC2CC1C1CCCC21)C(F)(F)F.CCC(C)C(=O)OC1CC2CC1C1CCCC21.COS(=O)(=O)N(C)C.COS(=O)(=O)N(C)C. The second-order valence-corrected chi connectivity index (χ2v) is 20.4. The Morgan fingerprint density at radius 2 is 1.07 bits per heavy atom. The van der Waals surface area contributed by atoms with Crippen molar-refractivity contribution in [3.63, 3.8) is 0 Å². The number of hydrogen-bond donors (Lipinski definition) is 0. The van der Waals surface area contributed by atoms with E-state index in [-0.39, 0.29) is 30.5 Å². The van der Waals surface area contributed by atoms with Gasteiger partial charge in [0.05, 0.1) is 20.1 Å². The van der Waals surface area contributed by atoms with E-state index >= 15 is 0 Å². The van der Waals surface area contributed by atoms with Crippen LogP contribution < -0.4 is 0 Å². The van der Waals surface area contributed by atoms with Gasteiger partial charge in [0.1, 0.15) is 12.2 Å². The van der Waals surface area contributed by atoms with Crippen LogP contribution in [0.15, 0.2) is 0 Å². The van der Waals surface area contributed by atoms with Crippen LogP contribution in [0.3, 0.4) is 0 Å². The molecule has 0 amide bonds. The van der Waals surface area contributed by atoms with Crippen LogP contribution in [0, 0.1) is 58.7 Å². The number of alkyl halides is 3. The lowest BCUT2D eigenvalue weighted by Crippen LogP contribution is -2.45. The van der Waals surface area contributed by atoms with Crippen molar-refractivity contribution in [2.75, 3.05) is 42.4 Å². The third-order valence-corrected chi connectivity index (χ3v) is 16.0. The van der Waals surface area contributed by atoms with Crippen LogP contribution >= 0.6 is 0 Å². The maximum absolute atomic E-state index is 13.1. The number of nitrogens with zero attached hydrogens (tertiary/aromatic N) is 2. The molecular formula is C37H65F3N2O10S2. The summed E-state index contributed by atoms with van der Waals surface area (Å²) in [7, 11) is 1.04. The molecule has 17 heteroatoms. The highest BCUT2D eigenvalue weighted by atomic mass is 32.2. The number of ether oxygens (including phenoxy) is 2. The van der Waals surface area contributed by atoms with Gasteiger partial charge >= 0.3 is 38.7 Å². The van der Waals surface area contributed by atoms with Crippen molar-refractivity contribution >= 4 is 32.5 Å². The fourth-order valence-corrected chi connectivity index (χ4v) is 10.3. The van der Waals surface area contributed by atoms with Crippen LogP contribution in [-0.2, 0) is 48.0 Å². The predicted octanol–water partition coefficient (Wildman–Crippen LogP) is 6.61. The first-order valence-corrected chi connectivity index (χ1v) is 22.2. The number of rotatable bonds is 10. The minimum Gasteiger partial charge on any atom is -0.462 e. The van der Waals surface area contributed by atoms with Crippen molar-refractivity contribution < 1.29 is 57.4 Å². The molecule has 6 fully saturated rings. The molecule has 12 atom stereocenters. The normalized spacial score (nSPS) is 33.7. The van der Waals surface area contributed by atoms with Gasteiger partial charge in [-0.1, -0.05) is 33.6 Å². The number of esters is 2. The zero-order valence-corrected chi connectivity index (χ0v) is 35.4. The van der Waals surface area contributed by atoms with E-state index in [0.29, 0.717) is 23.7 Å². The quantitative estimate of drug-likeness (QED) is 0.221. The highest BCUT2D eigenvalue weighted by molar-refractivity contribution is 7.84. The number of hydrogen-bond acceptors (Lipinski definition) is 10. The maximum Gasteiger partial charge on any atom is 0.404 e. The van der Waals surface area contributed by atoms with Crippen LogP contribution in [0.4, 0.5) is 13.2 Å². The largest absolute Gasteiger partial charge is 0.462 e. The van der Waals surface area contributed by atoms with E-state index in [1.54, 1.807) is 0 Å². The summed E-state index contributed by atoms with van der Waals surface area (Å²) in [5, 5.41) is 0. The number of carbonyl (C=O) groups is 2. The summed E-state index contributed by atoms with van der Waals surface area (Å²) < 4.78 is 102. The summed E-state index contributed by atoms with van der Waals surface area (Å²) in [4.78, 5) is 24.0. The van der Waals surface area contributed by atoms with Crippen LogP contribution in [-0.4, -0.2) is 98.2 Å². The second-order valence-electron chi connectivity index (χ2n) is 16.5. The average molecular weight is 819 g/mol. The van der Waals surface area contributed by atoms with Gasteiger partial charge in [-0.2, -0.15) is 38.6 Å². The first kappa shape index (κ1) is 46.8. The van der Waals surface area contributed by atoms with E-state index in [1.165, 1.54) is 73.6 Å². The highest BCUT2D eigenvalue weighted by Gasteiger charge is 2.60. The molecule has 0 aliphatic heterocycles. The van der Waals surface area contributed by atoms with Crippen molar-refractivity contribution in [2.45, 2.75) is 123 Å². The van der Waals surface area contributed by atoms with E-state index in [2.05, 4.69) is 15.3 Å². The number of halogens is 3. The summed E-state index contributed by atoms with van der Waals surface area (Å²) in [6.45, 7) is 6.39. The Balaban J connectivity index is 0.000000212. The molecule has 0 heterocycles. The molecule has 6 aliphatic carbocycles. The van der Waals surface area contributed by atoms with Crippen molar-refractivity contribution in [1.82, 2.24) is 8.61 Å². The van der Waals surface area contributed by atoms with Crippen LogP contribution in [0.2, 0.25) is 0 Å². The molecule has 0 aromatic rings. The Hall–Kier alpha value is -1.53. The van der Waals surface area contributed by atoms with Crippen molar-refractivity contribution in [2.24, 2.45) is 58.7 Å². The minimum atomic E-state index is -4.55. The monoisotopic (exact) mass is 818 g/mol. The van der Waals surface area contributed by atoms with Crippen LogP contribution in [0.5, 0.6) is 0 Å². The molecule has 0 spiro atoms. The summed E-state index contributed by atoms with van der Waals surface area (Å²) in [6, 6.07) is 0. The molecule has 316 valence electrons. The van der Waals surface area contributed by atoms with E-state index in [0.717, 1.165) is 85.5 Å². The van der Waals surface area contributed by atoms with Gasteiger partial charge in [-0.05, 0) is 118 Å². The van der Waals surface area contributed by atoms with Crippen LogP contribution in [0.25, 0.3) is 0 Å². The second kappa shape index (κ2) is 18.8. The predicted molar refractivity (Wildman–Crippen MR) is 197 cm³/mol. The van der Waals surface area contributed by atoms with Gasteiger partial charge in [0.25, 0.3) is 0 Å². The molecule has 12 unspecified atom stereocenters. The molecule has 12 nitrogen and oxygen atoms in total. The molecule has 4 bridgehead atoms. The Morgan fingerprint density at radius 3 is 1.39 bits per heavy atom. The zero-order chi connectivity index (χ0) is 41.0. The van der Waals surface area contributed by atoms with Crippen molar-refractivity contribution in [3.8, 4) is 0 Å². The smallest absolute Gasteiger partial charge is 0.404 e. The fourth-order valence-electron chi connectivity index (χ4n) is 9.74. The third kappa shape index (κ3) is 10.5. The lowest BCUT2D eigenvalue weighted by molar-refractivity contribution is -0.234. The summed E-state index contributed by atoms with van der Waals surface area (Å²) >= 11 is 0. The Labute approximate surface area is 322 Å². The molecule has 54 heavy (non-hydrogen) atoms. The van der Waals surface area contributed by atoms with Gasteiger partial charge in [-0.3, -0.25) is 18.0 Å². The Kier molecular flexibility index (Phi) is 16.3. The fraction of sp³-hybridized carbons (Fsp3) is 0.946. The molecular weight excluding hydrogens is 754 g/mol. The third-order valence-electron chi connectivity index (χ3n) is 13.4. The van der Waals surface area contributed by atoms with Crippen molar-refractivity contribution in [1.29, 1.82) is 0 Å². The average Bonchev–Trinajstić information content (AvgIpc) is 3.96. The summed E-state index contributed by atoms with van der Waals surface area (Å²) in [6.07, 6.45) is 8.25. The summed E-state index contributed by atoms with van der Waals surface area (Å²) in [5.74, 6) is 4.70. The topological polar surface area (TPSA) is 146 Å². The number of fused-ring (bicyclic) bond motifs is 10. The van der Waals surface area contributed by atoms with Gasteiger partial charge in [-0.25, -0.2) is 0 Å². The van der Waals surface area contributed by atoms with Gasteiger partial charge < -0.3 is 9.47 Å². The van der Waals surface area contributed by atoms with Gasteiger partial charge in [-0.15, -0.1) is 0 Å². The molecule has 0 aromatic carbocycles. The summed E-state index contributed by atoms with van der Waals surface area (Å²) in [5.41, 5.74) is -2.37. The molecule has 0 aromatic heterocycles. The molecule has 6 saturated carbocycles. The van der Waals surface area contributed by atoms with Gasteiger partial charge in [0, 0.05) is 28.2 Å². The Morgan fingerprint density at radius 1 is 0.685 bits per heavy atom. The minimum absolute atomic E-state index is 0.0413. The molecule has 6 aliphatic rings. The number of carbonyl (C=O) groups excluding carboxylic acids is 2. The first-order valence-electron chi connectivity index (χ1n) is 19.4. The lowest BCUT2D eigenvalue weighted by atomic mass is 9.80. The lowest BCUT2D eigenvalue weighted by Gasteiger charge is -2.35. The zero-order valence-electron chi connectivity index (χ0n) is 33.8. The first-order chi connectivity index (χ1) is 25.0. The van der Waals surface area contributed by atoms with Crippen molar-refractivity contribution in [3.05, 3.63) is 0 Å². The van der Waals surface area contributed by atoms with Gasteiger partial charge in [0.15, 0.2) is 5.41 Å². The standard InChI is InChI=1S/C16H23F3O2.C15H24O2.2C3H9NO3S/c1-3-15(2,16(17,18)19)14(20)21-13-8-9-7-12(13)11-6-4-5-10(9)11;1-3-9(2)15(16)17-14-8-10-7-13(14)12-6-4-5-11(10)12;2*1-4(2)8(5,6)7-3/h9-13H,3-8H2,1-2H3;9-14H,3-8H2,1-2H3;2*1-3H3. The molecule has 0 saturated heterocycles. The van der Waals surface area contributed by atoms with E-state index in [1.807, 2.05) is 6.92 Å². The van der Waals surface area contributed by atoms with E-state index < -0.39 is 38.2 Å². The van der Waals surface area contributed by atoms with E-state index in [9.17, 15) is 39.6 Å². The molecule has 0 radical (unpaired) electrons. The molecule has 0 N–H and O–H groups in total. The van der Waals surface area contributed by atoms with Crippen LogP contribution in [0.1, 0.15) is 105 Å². The van der Waals surface area contributed by atoms with Gasteiger partial charge in [0.2, 0.25) is 0 Å². The van der Waals surface area contributed by atoms with E-state index in [4.69, 9.17) is 9.47 Å².